The molecule has 3 aliphatic rings. The summed E-state index contributed by atoms with van der Waals surface area (Å²) in [5, 5.41) is 0. The Bertz CT molecular complexity index is 1970. The lowest BCUT2D eigenvalue weighted by Crippen LogP contribution is -2.31. The maximum atomic E-state index is 12.3. The number of carbonyl (C=O) groups is 4. The minimum Gasteiger partial charge on any atom is -0.465 e. The fourth-order valence-corrected chi connectivity index (χ4v) is 8.53. The van der Waals surface area contributed by atoms with Crippen LogP contribution in [0.3, 0.4) is 0 Å². The van der Waals surface area contributed by atoms with Gasteiger partial charge in [0.15, 0.2) is 0 Å². The van der Waals surface area contributed by atoms with E-state index in [-0.39, 0.29) is 47.9 Å². The summed E-state index contributed by atoms with van der Waals surface area (Å²) in [6.45, 7) is 12.4. The standard InChI is InChI=1S/C28H40O4.C28H34O4/c2*1-4-28(2,3)27(30)31-20-22-9-8-12-25(19-22)32-26(29)18-15-21-13-16-24(17-14-21)23-10-6-5-7-11-23/h13-18,22-23,25H,4-12,19-20H2,1-3H3;5-7,10-11,13-18,22,25H,4,8-9,12,19-20H2,1-3H3/b2*18-15+. The van der Waals surface area contributed by atoms with Gasteiger partial charge in [-0.3, -0.25) is 9.59 Å². The Labute approximate surface area is 383 Å². The van der Waals surface area contributed by atoms with E-state index in [4.69, 9.17) is 18.9 Å². The first-order valence-corrected chi connectivity index (χ1v) is 24.1. The van der Waals surface area contributed by atoms with Gasteiger partial charge in [0, 0.05) is 12.2 Å². The highest BCUT2D eigenvalue weighted by Crippen LogP contribution is 2.33. The largest absolute Gasteiger partial charge is 0.465 e. The highest BCUT2D eigenvalue weighted by Gasteiger charge is 2.31. The summed E-state index contributed by atoms with van der Waals surface area (Å²) in [6, 6.07) is 26.9. The van der Waals surface area contributed by atoms with Gasteiger partial charge in [-0.05, 0) is 162 Å². The zero-order chi connectivity index (χ0) is 46.0. The van der Waals surface area contributed by atoms with Gasteiger partial charge in [0.25, 0.3) is 0 Å². The zero-order valence-electron chi connectivity index (χ0n) is 39.5. The summed E-state index contributed by atoms with van der Waals surface area (Å²) >= 11 is 0. The minimum atomic E-state index is -0.454. The number of rotatable bonds is 16. The molecule has 6 rings (SSSR count). The molecule has 3 saturated carbocycles. The first-order chi connectivity index (χ1) is 30.7. The molecule has 3 aromatic rings. The molecule has 0 heterocycles. The molecular weight excluding hydrogens is 801 g/mol. The highest BCUT2D eigenvalue weighted by molar-refractivity contribution is 5.88. The second kappa shape index (κ2) is 24.9. The van der Waals surface area contributed by atoms with Crippen LogP contribution < -0.4 is 0 Å². The van der Waals surface area contributed by atoms with Crippen LogP contribution >= 0.6 is 0 Å². The topological polar surface area (TPSA) is 105 Å². The van der Waals surface area contributed by atoms with Crippen LogP contribution in [0.2, 0.25) is 0 Å². The lowest BCUT2D eigenvalue weighted by Gasteiger charge is -2.29. The number of hydrogen-bond acceptors (Lipinski definition) is 8. The Kier molecular flexibility index (Phi) is 19.5. The second-order valence-electron chi connectivity index (χ2n) is 19.5. The highest BCUT2D eigenvalue weighted by atomic mass is 16.6. The van der Waals surface area contributed by atoms with Crippen molar-refractivity contribution in [3.05, 3.63) is 108 Å². The number of ether oxygens (including phenoxy) is 4. The van der Waals surface area contributed by atoms with Crippen molar-refractivity contribution in [2.24, 2.45) is 22.7 Å². The molecule has 8 heteroatoms. The van der Waals surface area contributed by atoms with Crippen LogP contribution in [-0.4, -0.2) is 49.3 Å². The zero-order valence-corrected chi connectivity index (χ0v) is 39.5. The molecule has 4 atom stereocenters. The summed E-state index contributed by atoms with van der Waals surface area (Å²) in [6.07, 6.45) is 21.7. The molecule has 0 aliphatic heterocycles. The molecule has 3 aromatic carbocycles. The van der Waals surface area contributed by atoms with Gasteiger partial charge in [0.05, 0.1) is 24.0 Å². The van der Waals surface area contributed by atoms with E-state index in [9.17, 15) is 19.2 Å². The van der Waals surface area contributed by atoms with Gasteiger partial charge in [-0.2, -0.15) is 0 Å². The summed E-state index contributed by atoms with van der Waals surface area (Å²) in [7, 11) is 0. The van der Waals surface area contributed by atoms with E-state index in [2.05, 4.69) is 36.4 Å². The van der Waals surface area contributed by atoms with Crippen LogP contribution in [0.1, 0.15) is 160 Å². The van der Waals surface area contributed by atoms with Crippen LogP contribution in [0.15, 0.2) is 91.0 Å². The van der Waals surface area contributed by atoms with Gasteiger partial charge >= 0.3 is 23.9 Å². The Morgan fingerprint density at radius 1 is 0.531 bits per heavy atom. The van der Waals surface area contributed by atoms with E-state index in [0.29, 0.717) is 19.1 Å². The molecular formula is C56H74O8. The quantitative estimate of drug-likeness (QED) is 0.0796. The van der Waals surface area contributed by atoms with Gasteiger partial charge in [0.1, 0.15) is 12.2 Å². The fraction of sp³-hybridized carbons (Fsp3) is 0.536. The molecule has 0 bridgehead atoms. The van der Waals surface area contributed by atoms with E-state index in [0.717, 1.165) is 80.9 Å². The van der Waals surface area contributed by atoms with Crippen LogP contribution in [0.25, 0.3) is 23.3 Å². The van der Waals surface area contributed by atoms with Crippen LogP contribution in [0, 0.1) is 22.7 Å². The number of carbonyl (C=O) groups excluding carboxylic acids is 4. The van der Waals surface area contributed by atoms with Crippen molar-refractivity contribution in [2.45, 2.75) is 156 Å². The smallest absolute Gasteiger partial charge is 0.331 e. The average molecular weight is 875 g/mol. The molecule has 8 nitrogen and oxygen atoms in total. The van der Waals surface area contributed by atoms with E-state index < -0.39 is 10.8 Å². The summed E-state index contributed by atoms with van der Waals surface area (Å²) < 4.78 is 22.5. The van der Waals surface area contributed by atoms with Gasteiger partial charge < -0.3 is 18.9 Å². The molecule has 346 valence electrons. The van der Waals surface area contributed by atoms with Crippen molar-refractivity contribution in [3.63, 3.8) is 0 Å². The van der Waals surface area contributed by atoms with E-state index >= 15 is 0 Å². The Morgan fingerprint density at radius 3 is 1.42 bits per heavy atom. The van der Waals surface area contributed by atoms with Crippen molar-refractivity contribution in [3.8, 4) is 11.1 Å². The third-order valence-corrected chi connectivity index (χ3v) is 13.7. The maximum absolute atomic E-state index is 12.3. The average Bonchev–Trinajstić information content (AvgIpc) is 3.32. The minimum absolute atomic E-state index is 0.0996. The first kappa shape index (κ1) is 50.0. The number of hydrogen-bond donors (Lipinski definition) is 0. The van der Waals surface area contributed by atoms with Gasteiger partial charge in [-0.1, -0.05) is 112 Å². The van der Waals surface area contributed by atoms with Crippen molar-refractivity contribution in [2.75, 3.05) is 13.2 Å². The summed E-state index contributed by atoms with van der Waals surface area (Å²) in [5.74, 6) is 0.278. The lowest BCUT2D eigenvalue weighted by atomic mass is 9.84. The van der Waals surface area contributed by atoms with Crippen LogP contribution in [-0.2, 0) is 38.1 Å². The van der Waals surface area contributed by atoms with Gasteiger partial charge in [-0.25, -0.2) is 9.59 Å². The van der Waals surface area contributed by atoms with Gasteiger partial charge in [0.2, 0.25) is 0 Å². The van der Waals surface area contributed by atoms with Crippen LogP contribution in [0.5, 0.6) is 0 Å². The van der Waals surface area contributed by atoms with Crippen molar-refractivity contribution in [1.82, 2.24) is 0 Å². The first-order valence-electron chi connectivity index (χ1n) is 24.1. The Morgan fingerprint density at radius 2 is 0.969 bits per heavy atom. The normalized spacial score (nSPS) is 20.8. The number of benzene rings is 3. The Balaban J connectivity index is 0.000000241. The van der Waals surface area contributed by atoms with E-state index in [1.54, 1.807) is 6.08 Å². The molecule has 0 saturated heterocycles. The molecule has 0 amide bonds. The van der Waals surface area contributed by atoms with Crippen molar-refractivity contribution >= 4 is 36.0 Å². The molecule has 3 aliphatic carbocycles. The van der Waals surface area contributed by atoms with Crippen LogP contribution in [0.4, 0.5) is 0 Å². The molecule has 0 spiro atoms. The Hall–Kier alpha value is -4.98. The molecule has 4 unspecified atom stereocenters. The summed E-state index contributed by atoms with van der Waals surface area (Å²) in [5.41, 5.74) is 4.80. The SMILES string of the molecule is CCC(C)(C)C(=O)OCC1CCCC(OC(=O)/C=C/c2ccc(-c3ccccc3)cc2)C1.CCC(C)(C)C(=O)OCC1CCCC(OC(=O)/C=C/c2ccc(C3CCCCC3)cc2)C1. The van der Waals surface area contributed by atoms with Gasteiger partial charge in [-0.15, -0.1) is 0 Å². The monoisotopic (exact) mass is 875 g/mol. The molecule has 0 N–H and O–H groups in total. The molecule has 0 aromatic heterocycles. The maximum Gasteiger partial charge on any atom is 0.331 e. The summed E-state index contributed by atoms with van der Waals surface area (Å²) in [4.78, 5) is 49.1. The second-order valence-corrected chi connectivity index (χ2v) is 19.5. The predicted octanol–water partition coefficient (Wildman–Crippen LogP) is 13.3. The fourth-order valence-electron chi connectivity index (χ4n) is 8.53. The van der Waals surface area contributed by atoms with Crippen molar-refractivity contribution < 1.29 is 38.1 Å². The predicted molar refractivity (Wildman–Crippen MR) is 256 cm³/mol. The van der Waals surface area contributed by atoms with E-state index in [1.165, 1.54) is 55.4 Å². The third-order valence-electron chi connectivity index (χ3n) is 13.7. The molecule has 64 heavy (non-hydrogen) atoms. The number of esters is 4. The van der Waals surface area contributed by atoms with Crippen molar-refractivity contribution in [1.29, 1.82) is 0 Å². The molecule has 3 fully saturated rings. The molecule has 0 radical (unpaired) electrons. The third kappa shape index (κ3) is 16.2. The van der Waals surface area contributed by atoms with E-state index in [1.807, 2.05) is 90.1 Å². The lowest BCUT2D eigenvalue weighted by molar-refractivity contribution is -0.158.